The normalized spacial score (nSPS) is 24.8. The number of aliphatic hydroxyl groups is 1. The Morgan fingerprint density at radius 2 is 1.79 bits per heavy atom. The fourth-order valence-corrected chi connectivity index (χ4v) is 4.60. The second-order valence-corrected chi connectivity index (χ2v) is 9.35. The van der Waals surface area contributed by atoms with Gasteiger partial charge in [0.05, 0.1) is 37.1 Å². The first-order valence-corrected chi connectivity index (χ1v) is 12.3. The SMILES string of the molecule is C\C=C/C=C1/C(=O)N(C2(O)CCC(=O)NC2=O)C/C1=C\OCc1c(O)c(O)c(CN2CCOCC2)c(O)c1F. The lowest BCUT2D eigenvalue weighted by atomic mass is 10.00. The average Bonchev–Trinajstić information content (AvgIpc) is 3.24. The average molecular weight is 548 g/mol. The third-order valence-electron chi connectivity index (χ3n) is 6.86. The van der Waals surface area contributed by atoms with Gasteiger partial charge in [0.1, 0.15) is 6.61 Å². The van der Waals surface area contributed by atoms with Crippen LogP contribution >= 0.6 is 0 Å². The van der Waals surface area contributed by atoms with E-state index < -0.39 is 58.7 Å². The van der Waals surface area contributed by atoms with E-state index in [1.807, 2.05) is 10.2 Å². The van der Waals surface area contributed by atoms with Gasteiger partial charge < -0.3 is 29.9 Å². The maximum absolute atomic E-state index is 15.0. The molecule has 0 bridgehead atoms. The molecule has 3 aliphatic rings. The van der Waals surface area contributed by atoms with Gasteiger partial charge in [-0.25, -0.2) is 4.39 Å². The fraction of sp³-hybridized carbons (Fsp3) is 0.423. The van der Waals surface area contributed by atoms with Crippen LogP contribution in [0.4, 0.5) is 4.39 Å². The molecule has 3 heterocycles. The maximum Gasteiger partial charge on any atom is 0.279 e. The zero-order valence-corrected chi connectivity index (χ0v) is 21.3. The maximum atomic E-state index is 15.0. The Bertz CT molecular complexity index is 1240. The first kappa shape index (κ1) is 28.1. The van der Waals surface area contributed by atoms with Gasteiger partial charge in [0.2, 0.25) is 11.6 Å². The number of benzene rings is 1. The van der Waals surface area contributed by atoms with Crippen LogP contribution in [0.5, 0.6) is 17.2 Å². The van der Waals surface area contributed by atoms with Crippen LogP contribution in [-0.2, 0) is 37.0 Å². The number of hydrogen-bond acceptors (Lipinski definition) is 10. The molecule has 4 rings (SSSR count). The Labute approximate surface area is 223 Å². The van der Waals surface area contributed by atoms with Crippen molar-refractivity contribution in [1.29, 1.82) is 0 Å². The molecular weight excluding hydrogens is 517 g/mol. The summed E-state index contributed by atoms with van der Waals surface area (Å²) < 4.78 is 25.7. The van der Waals surface area contributed by atoms with Crippen molar-refractivity contribution >= 4 is 17.7 Å². The number of morpholine rings is 1. The lowest BCUT2D eigenvalue weighted by molar-refractivity contribution is -0.177. The van der Waals surface area contributed by atoms with Gasteiger partial charge in [-0.1, -0.05) is 12.2 Å². The van der Waals surface area contributed by atoms with Crippen LogP contribution in [-0.4, -0.2) is 86.5 Å². The smallest absolute Gasteiger partial charge is 0.279 e. The van der Waals surface area contributed by atoms with Crippen molar-refractivity contribution in [2.24, 2.45) is 0 Å². The summed E-state index contributed by atoms with van der Waals surface area (Å²) >= 11 is 0. The van der Waals surface area contributed by atoms with Crippen LogP contribution in [0.1, 0.15) is 30.9 Å². The number of hydrogen-bond donors (Lipinski definition) is 5. The van der Waals surface area contributed by atoms with Crippen molar-refractivity contribution in [3.05, 3.63) is 52.6 Å². The lowest BCUT2D eigenvalue weighted by Gasteiger charge is -2.37. The number of ether oxygens (including phenoxy) is 2. The number of carbonyl (C=O) groups excluding carboxylic acids is 3. The molecule has 1 unspecified atom stereocenters. The number of aromatic hydroxyl groups is 3. The summed E-state index contributed by atoms with van der Waals surface area (Å²) in [6.07, 6.45) is 5.32. The molecule has 0 spiro atoms. The molecule has 13 heteroatoms. The Balaban J connectivity index is 1.56. The molecule has 0 aromatic heterocycles. The minimum absolute atomic E-state index is 0.00414. The summed E-state index contributed by atoms with van der Waals surface area (Å²) in [6, 6.07) is 0. The van der Waals surface area contributed by atoms with E-state index in [9.17, 15) is 34.8 Å². The molecule has 0 radical (unpaired) electrons. The molecule has 1 aromatic carbocycles. The van der Waals surface area contributed by atoms with E-state index >= 15 is 4.39 Å². The molecule has 5 N–H and O–H groups in total. The number of imide groups is 1. The van der Waals surface area contributed by atoms with E-state index in [0.29, 0.717) is 26.3 Å². The summed E-state index contributed by atoms with van der Waals surface area (Å²) in [5.41, 5.74) is -2.61. The third-order valence-corrected chi connectivity index (χ3v) is 6.86. The van der Waals surface area contributed by atoms with E-state index in [1.54, 1.807) is 19.1 Å². The number of phenols is 3. The Morgan fingerprint density at radius 1 is 1.10 bits per heavy atom. The predicted molar refractivity (Wildman–Crippen MR) is 132 cm³/mol. The number of amides is 3. The van der Waals surface area contributed by atoms with Crippen LogP contribution in [0, 0.1) is 5.82 Å². The van der Waals surface area contributed by atoms with Gasteiger partial charge in [-0.2, -0.15) is 0 Å². The number of halogens is 1. The predicted octanol–water partition coefficient (Wildman–Crippen LogP) is 0.645. The standard InChI is InChI=1S/C26H30FN3O9/c1-2-3-4-16-15(11-30(24(16)35)26(37)6-5-19(31)28-25(26)36)13-39-14-18-20(27)21(32)17(22(33)23(18)34)12-29-7-9-38-10-8-29/h2-4,13,32-34,37H,5-12,14H2,1H3,(H,28,31,36)/b3-2-,15-13+,16-4+. The van der Waals surface area contributed by atoms with Gasteiger partial charge in [-0.05, 0) is 13.0 Å². The van der Waals surface area contributed by atoms with Gasteiger partial charge in [0, 0.05) is 43.6 Å². The van der Waals surface area contributed by atoms with Gasteiger partial charge in [0.15, 0.2) is 23.1 Å². The molecule has 1 atom stereocenters. The highest BCUT2D eigenvalue weighted by atomic mass is 19.1. The first-order valence-electron chi connectivity index (χ1n) is 12.3. The molecule has 3 saturated heterocycles. The highest BCUT2D eigenvalue weighted by Crippen LogP contribution is 2.42. The van der Waals surface area contributed by atoms with Crippen molar-refractivity contribution in [3.8, 4) is 17.2 Å². The molecule has 0 aliphatic carbocycles. The lowest BCUT2D eigenvalue weighted by Crippen LogP contribution is -2.63. The summed E-state index contributed by atoms with van der Waals surface area (Å²) in [5, 5.41) is 44.4. The summed E-state index contributed by atoms with van der Waals surface area (Å²) in [6.45, 7) is 2.73. The minimum Gasteiger partial charge on any atom is -0.504 e. The Hall–Kier alpha value is -3.94. The number of allylic oxidation sites excluding steroid dienone is 3. The number of carbonyl (C=O) groups is 3. The van der Waals surface area contributed by atoms with Gasteiger partial charge >= 0.3 is 0 Å². The zero-order valence-electron chi connectivity index (χ0n) is 21.3. The molecular formula is C26H30FN3O9. The molecule has 1 aromatic rings. The Kier molecular flexibility index (Phi) is 8.23. The topological polar surface area (TPSA) is 169 Å². The molecule has 0 saturated carbocycles. The van der Waals surface area contributed by atoms with Crippen LogP contribution in [0.25, 0.3) is 0 Å². The molecule has 3 fully saturated rings. The summed E-state index contributed by atoms with van der Waals surface area (Å²) in [7, 11) is 0. The largest absolute Gasteiger partial charge is 0.504 e. The monoisotopic (exact) mass is 547 g/mol. The van der Waals surface area contributed by atoms with Crippen LogP contribution in [0.15, 0.2) is 35.6 Å². The van der Waals surface area contributed by atoms with Crippen molar-refractivity contribution < 1.29 is 48.7 Å². The van der Waals surface area contributed by atoms with Crippen molar-refractivity contribution in [2.45, 2.75) is 38.6 Å². The molecule has 210 valence electrons. The van der Waals surface area contributed by atoms with Gasteiger partial charge in [-0.3, -0.25) is 29.5 Å². The minimum atomic E-state index is -2.26. The second kappa shape index (κ2) is 11.4. The van der Waals surface area contributed by atoms with E-state index in [-0.39, 0.29) is 42.6 Å². The number of nitrogens with one attached hydrogen (secondary N) is 1. The van der Waals surface area contributed by atoms with Crippen molar-refractivity contribution in [3.63, 3.8) is 0 Å². The van der Waals surface area contributed by atoms with E-state index in [1.165, 1.54) is 6.08 Å². The molecule has 3 amide bonds. The number of phenolic OH excluding ortho intramolecular Hbond substituents is 3. The van der Waals surface area contributed by atoms with Crippen molar-refractivity contribution in [2.75, 3.05) is 32.8 Å². The van der Waals surface area contributed by atoms with Crippen molar-refractivity contribution in [1.82, 2.24) is 15.1 Å². The number of rotatable bonds is 7. The van der Waals surface area contributed by atoms with E-state index in [0.717, 1.165) is 11.2 Å². The van der Waals surface area contributed by atoms with E-state index in [4.69, 9.17) is 9.47 Å². The molecule has 39 heavy (non-hydrogen) atoms. The third kappa shape index (κ3) is 5.46. The van der Waals surface area contributed by atoms with Gasteiger partial charge in [-0.15, -0.1) is 0 Å². The zero-order chi connectivity index (χ0) is 28.3. The number of likely N-dealkylation sites (tertiary alicyclic amines) is 1. The first-order chi connectivity index (χ1) is 18.6. The summed E-state index contributed by atoms with van der Waals surface area (Å²) in [4.78, 5) is 39.8. The quantitative estimate of drug-likeness (QED) is 0.107. The van der Waals surface area contributed by atoms with Crippen LogP contribution in [0.3, 0.4) is 0 Å². The second-order valence-electron chi connectivity index (χ2n) is 9.35. The number of nitrogens with zero attached hydrogens (tertiary/aromatic N) is 2. The van der Waals surface area contributed by atoms with Crippen LogP contribution in [0.2, 0.25) is 0 Å². The summed E-state index contributed by atoms with van der Waals surface area (Å²) in [5.74, 6) is -5.73. The van der Waals surface area contributed by atoms with Crippen LogP contribution < -0.4 is 5.32 Å². The van der Waals surface area contributed by atoms with Gasteiger partial charge in [0.25, 0.3) is 11.8 Å². The molecule has 3 aliphatic heterocycles. The number of piperidine rings is 1. The molecule has 12 nitrogen and oxygen atoms in total. The highest BCUT2D eigenvalue weighted by Gasteiger charge is 2.51. The Morgan fingerprint density at radius 3 is 2.46 bits per heavy atom. The fourth-order valence-electron chi connectivity index (χ4n) is 4.60. The highest BCUT2D eigenvalue weighted by molar-refractivity contribution is 6.08. The van der Waals surface area contributed by atoms with E-state index in [2.05, 4.69) is 0 Å².